The number of hydrogen-bond acceptors (Lipinski definition) is 1. The van der Waals surface area contributed by atoms with Crippen LogP contribution in [-0.4, -0.2) is 0 Å². The molecule has 1 fully saturated rings. The molecule has 0 amide bonds. The second-order valence-electron chi connectivity index (χ2n) is 5.44. The maximum atomic E-state index is 6.53. The molecule has 1 saturated carbocycles. The predicted molar refractivity (Wildman–Crippen MR) is 90.9 cm³/mol. The molecule has 3 rings (SSSR count). The maximum Gasteiger partial charge on any atom is 0.0555 e. The maximum absolute atomic E-state index is 6.53. The van der Waals surface area contributed by atoms with Gasteiger partial charge in [0.1, 0.15) is 0 Å². The third-order valence-corrected chi connectivity index (χ3v) is 5.04. The summed E-state index contributed by atoms with van der Waals surface area (Å²) in [6, 6.07) is 14.8. The minimum Gasteiger partial charge on any atom is -0.320 e. The smallest absolute Gasteiger partial charge is 0.0555 e. The van der Waals surface area contributed by atoms with Gasteiger partial charge in [0.05, 0.1) is 6.04 Å². The molecule has 0 bridgehead atoms. The van der Waals surface area contributed by atoms with Gasteiger partial charge in [-0.2, -0.15) is 0 Å². The van der Waals surface area contributed by atoms with Crippen LogP contribution in [-0.2, 0) is 0 Å². The van der Waals surface area contributed by atoms with Crippen LogP contribution < -0.4 is 5.73 Å². The van der Waals surface area contributed by atoms with Crippen LogP contribution >= 0.6 is 31.9 Å². The fraction of sp³-hybridized carbons (Fsp3) is 0.294. The first kappa shape index (κ1) is 14.3. The summed E-state index contributed by atoms with van der Waals surface area (Å²) in [7, 11) is 0. The Labute approximate surface area is 136 Å². The van der Waals surface area contributed by atoms with E-state index in [9.17, 15) is 0 Å². The lowest BCUT2D eigenvalue weighted by molar-refractivity contribution is 0.416. The van der Waals surface area contributed by atoms with E-state index in [1.165, 1.54) is 30.4 Å². The van der Waals surface area contributed by atoms with Gasteiger partial charge in [0, 0.05) is 8.95 Å². The van der Waals surface area contributed by atoms with Crippen LogP contribution in [0.3, 0.4) is 0 Å². The molecular formula is C17H17Br2N. The first-order chi connectivity index (χ1) is 9.65. The molecule has 2 N–H and O–H groups in total. The van der Waals surface area contributed by atoms with Gasteiger partial charge < -0.3 is 5.73 Å². The molecule has 1 nitrogen and oxygen atoms in total. The van der Waals surface area contributed by atoms with Gasteiger partial charge in [-0.3, -0.25) is 0 Å². The molecule has 0 aliphatic heterocycles. The lowest BCUT2D eigenvalue weighted by Gasteiger charge is -2.29. The third-order valence-electron chi connectivity index (χ3n) is 4.12. The fourth-order valence-corrected chi connectivity index (χ4v) is 4.15. The summed E-state index contributed by atoms with van der Waals surface area (Å²) in [5.41, 5.74) is 10.4. The standard InChI is InChI=1S/C17H17Br2N/c18-13-8-12(9-14(19)10-13)17(20)16-7-2-1-6-15(16)11-4-3-5-11/h1-2,6-11,17H,3-5,20H2. The Kier molecular flexibility index (Phi) is 4.29. The monoisotopic (exact) mass is 393 g/mol. The molecule has 1 unspecified atom stereocenters. The van der Waals surface area contributed by atoms with Crippen LogP contribution in [0.5, 0.6) is 0 Å². The predicted octanol–water partition coefficient (Wildman–Crippen LogP) is 5.53. The average molecular weight is 395 g/mol. The number of nitrogens with two attached hydrogens (primary N) is 1. The van der Waals surface area contributed by atoms with Crippen molar-refractivity contribution in [2.45, 2.75) is 31.2 Å². The van der Waals surface area contributed by atoms with Crippen molar-refractivity contribution in [3.63, 3.8) is 0 Å². The van der Waals surface area contributed by atoms with Crippen LogP contribution in [0.4, 0.5) is 0 Å². The molecule has 0 heterocycles. The molecule has 1 aliphatic rings. The summed E-state index contributed by atoms with van der Waals surface area (Å²) in [5.74, 6) is 0.702. The zero-order valence-corrected chi connectivity index (χ0v) is 14.3. The highest BCUT2D eigenvalue weighted by atomic mass is 79.9. The average Bonchev–Trinajstić information content (AvgIpc) is 2.35. The molecule has 3 heteroatoms. The molecule has 2 aromatic rings. The minimum absolute atomic E-state index is 0.0689. The SMILES string of the molecule is NC(c1cc(Br)cc(Br)c1)c1ccccc1C1CCC1. The Bertz CT molecular complexity index is 600. The van der Waals surface area contributed by atoms with E-state index in [0.717, 1.165) is 14.5 Å². The molecule has 20 heavy (non-hydrogen) atoms. The van der Waals surface area contributed by atoms with E-state index in [4.69, 9.17) is 5.73 Å². The van der Waals surface area contributed by atoms with E-state index in [1.54, 1.807) is 0 Å². The molecule has 0 spiro atoms. The Morgan fingerprint density at radius 2 is 1.65 bits per heavy atom. The molecule has 0 radical (unpaired) electrons. The lowest BCUT2D eigenvalue weighted by Crippen LogP contribution is -2.18. The van der Waals surface area contributed by atoms with Crippen LogP contribution in [0.15, 0.2) is 51.4 Å². The van der Waals surface area contributed by atoms with Gasteiger partial charge in [-0.25, -0.2) is 0 Å². The molecule has 0 saturated heterocycles. The van der Waals surface area contributed by atoms with Crippen molar-refractivity contribution in [3.8, 4) is 0 Å². The third kappa shape index (κ3) is 2.85. The van der Waals surface area contributed by atoms with E-state index >= 15 is 0 Å². The minimum atomic E-state index is -0.0689. The first-order valence-corrected chi connectivity index (χ1v) is 8.54. The number of rotatable bonds is 3. The molecule has 1 aliphatic carbocycles. The van der Waals surface area contributed by atoms with Crippen molar-refractivity contribution in [2.75, 3.05) is 0 Å². The van der Waals surface area contributed by atoms with E-state index in [0.29, 0.717) is 5.92 Å². The highest BCUT2D eigenvalue weighted by Crippen LogP contribution is 2.40. The first-order valence-electron chi connectivity index (χ1n) is 6.95. The molecule has 0 aromatic heterocycles. The summed E-state index contributed by atoms with van der Waals surface area (Å²) in [4.78, 5) is 0. The summed E-state index contributed by atoms with van der Waals surface area (Å²) in [5, 5.41) is 0. The summed E-state index contributed by atoms with van der Waals surface area (Å²) < 4.78 is 2.11. The zero-order valence-electron chi connectivity index (χ0n) is 11.2. The van der Waals surface area contributed by atoms with Gasteiger partial charge in [0.2, 0.25) is 0 Å². The highest BCUT2D eigenvalue weighted by Gasteiger charge is 2.24. The quantitative estimate of drug-likeness (QED) is 0.727. The molecule has 2 aromatic carbocycles. The Hall–Kier alpha value is -0.640. The Morgan fingerprint density at radius 3 is 2.25 bits per heavy atom. The van der Waals surface area contributed by atoms with Gasteiger partial charge in [-0.05, 0) is 53.6 Å². The molecule has 104 valence electrons. The largest absolute Gasteiger partial charge is 0.320 e. The van der Waals surface area contributed by atoms with Crippen LogP contribution in [0, 0.1) is 0 Å². The summed E-state index contributed by atoms with van der Waals surface area (Å²) in [6.07, 6.45) is 3.94. The van der Waals surface area contributed by atoms with Gasteiger partial charge >= 0.3 is 0 Å². The van der Waals surface area contributed by atoms with Crippen molar-refractivity contribution < 1.29 is 0 Å². The van der Waals surface area contributed by atoms with Gasteiger partial charge in [0.25, 0.3) is 0 Å². The van der Waals surface area contributed by atoms with Crippen LogP contribution in [0.1, 0.15) is 47.9 Å². The van der Waals surface area contributed by atoms with Gasteiger partial charge in [0.15, 0.2) is 0 Å². The number of benzene rings is 2. The van der Waals surface area contributed by atoms with E-state index < -0.39 is 0 Å². The van der Waals surface area contributed by atoms with Crippen LogP contribution in [0.25, 0.3) is 0 Å². The zero-order chi connectivity index (χ0) is 14.1. The second-order valence-corrected chi connectivity index (χ2v) is 7.27. The lowest BCUT2D eigenvalue weighted by atomic mass is 9.76. The van der Waals surface area contributed by atoms with Gasteiger partial charge in [-0.15, -0.1) is 0 Å². The highest BCUT2D eigenvalue weighted by molar-refractivity contribution is 9.11. The van der Waals surface area contributed by atoms with Gasteiger partial charge in [-0.1, -0.05) is 62.5 Å². The van der Waals surface area contributed by atoms with E-state index in [1.807, 2.05) is 6.07 Å². The normalized spacial score (nSPS) is 16.8. The van der Waals surface area contributed by atoms with Crippen molar-refractivity contribution in [2.24, 2.45) is 5.73 Å². The summed E-state index contributed by atoms with van der Waals surface area (Å²) >= 11 is 7.08. The topological polar surface area (TPSA) is 26.0 Å². The van der Waals surface area contributed by atoms with Crippen molar-refractivity contribution in [1.29, 1.82) is 0 Å². The molecular weight excluding hydrogens is 378 g/mol. The number of hydrogen-bond donors (Lipinski definition) is 1. The number of halogens is 2. The van der Waals surface area contributed by atoms with Crippen molar-refractivity contribution >= 4 is 31.9 Å². The van der Waals surface area contributed by atoms with E-state index in [2.05, 4.69) is 68.3 Å². The molecule has 1 atom stereocenters. The van der Waals surface area contributed by atoms with Crippen molar-refractivity contribution in [3.05, 3.63) is 68.1 Å². The summed E-state index contributed by atoms with van der Waals surface area (Å²) in [6.45, 7) is 0. The Morgan fingerprint density at radius 1 is 1.00 bits per heavy atom. The second kappa shape index (κ2) is 6.00. The van der Waals surface area contributed by atoms with Crippen LogP contribution in [0.2, 0.25) is 0 Å². The van der Waals surface area contributed by atoms with Crippen molar-refractivity contribution in [1.82, 2.24) is 0 Å². The van der Waals surface area contributed by atoms with E-state index in [-0.39, 0.29) is 6.04 Å². The Balaban J connectivity index is 1.99. The fourth-order valence-electron chi connectivity index (χ4n) is 2.82.